The van der Waals surface area contributed by atoms with Gasteiger partial charge in [0.1, 0.15) is 36.7 Å². The van der Waals surface area contributed by atoms with Crippen molar-refractivity contribution >= 4 is 29.0 Å². The second-order valence-electron chi connectivity index (χ2n) is 20.1. The fourth-order valence-electron chi connectivity index (χ4n) is 11.1. The molecule has 4 N–H and O–H groups in total. The van der Waals surface area contributed by atoms with Gasteiger partial charge in [0.25, 0.3) is 5.88 Å². The van der Waals surface area contributed by atoms with E-state index < -0.39 is 12.0 Å². The van der Waals surface area contributed by atoms with Gasteiger partial charge in [-0.05, 0) is 73.5 Å². The number of imidazole rings is 1. The predicted octanol–water partition coefficient (Wildman–Crippen LogP) is 5.76. The third-order valence-corrected chi connectivity index (χ3v) is 15.0. The Morgan fingerprint density at radius 3 is 2.23 bits per heavy atom. The van der Waals surface area contributed by atoms with Crippen molar-refractivity contribution in [1.29, 1.82) is 0 Å². The lowest BCUT2D eigenvalue weighted by Crippen LogP contribution is -2.54. The second-order valence-corrected chi connectivity index (χ2v) is 20.1. The number of piperazine rings is 2. The zero-order valence-corrected chi connectivity index (χ0v) is 42.2. The van der Waals surface area contributed by atoms with Crippen LogP contribution in [-0.2, 0) is 16.6 Å². The summed E-state index contributed by atoms with van der Waals surface area (Å²) in [5.74, 6) is 1.84. The number of phenols is 1. The Morgan fingerprint density at radius 2 is 1.55 bits per heavy atom. The van der Waals surface area contributed by atoms with Gasteiger partial charge in [-0.25, -0.2) is 9.97 Å². The number of fused-ring (bicyclic) bond motifs is 2. The molecule has 19 nitrogen and oxygen atoms in total. The summed E-state index contributed by atoms with van der Waals surface area (Å²) in [5, 5.41) is 26.3. The minimum absolute atomic E-state index is 0.0917. The van der Waals surface area contributed by atoms with Gasteiger partial charge in [-0.2, -0.15) is 0 Å². The maximum Gasteiger partial charge on any atom is 0.254 e. The number of nitrogens with zero attached hydrogens (tertiary/aromatic N) is 11. The number of likely N-dealkylation sites (tertiary alicyclic amines) is 1. The number of nitrogens with one attached hydrogen (secondary N) is 1. The van der Waals surface area contributed by atoms with Crippen LogP contribution in [0.3, 0.4) is 0 Å². The molecule has 4 saturated heterocycles. The van der Waals surface area contributed by atoms with Crippen molar-refractivity contribution in [2.45, 2.75) is 76.5 Å². The average Bonchev–Trinajstić information content (AvgIpc) is 4.22. The summed E-state index contributed by atoms with van der Waals surface area (Å²) in [6, 6.07) is 22.8. The monoisotopic (exact) mass is 994 g/mol. The standard InChI is InChI=1S/C54H67N13O6/c1-35(2)50(54(70)66-20-7-9-44(66)53(69)58-36(3)37-11-13-38(14-12-37)52-57-19-21-62(52)4)47-32-49(61-73-47)72-29-27-64-24-22-63(23-25-64)26-28-71-48-30-39(17-18-56-48)67-40-15-16-41(67)34-65(33-40)45-31-43(59-60-51(45)55)42-8-5-6-10-46(42)68/h5-6,8,10-14,17-19,21,30-32,35-36,40-41,44,50,68H,7,9,15-16,20,22-29,33-34H2,1-4H3,(H2,55,60)(H,58,69)/t36-,40?,41?,44?,50?/m0/s1. The van der Waals surface area contributed by atoms with Gasteiger partial charge in [0, 0.05) is 126 Å². The van der Waals surface area contributed by atoms with Crippen LogP contribution in [0.4, 0.5) is 17.2 Å². The van der Waals surface area contributed by atoms with Gasteiger partial charge in [0.05, 0.1) is 17.4 Å². The quantitative estimate of drug-likeness (QED) is 0.0936. The third-order valence-electron chi connectivity index (χ3n) is 15.0. The number of nitrogen functional groups attached to an aromatic ring is 1. The Balaban J connectivity index is 0.649. The van der Waals surface area contributed by atoms with Crippen molar-refractivity contribution in [2.75, 3.05) is 87.7 Å². The number of amides is 2. The molecule has 2 bridgehead atoms. The first-order valence-corrected chi connectivity index (χ1v) is 25.7. The average molecular weight is 994 g/mol. The van der Waals surface area contributed by atoms with Crippen molar-refractivity contribution in [1.82, 2.24) is 49.9 Å². The number of nitrogens with two attached hydrogens (primary N) is 1. The molecule has 8 heterocycles. The number of phenolic OH excluding ortho intramolecular Hbond substituents is 1. The SMILES string of the molecule is CC(C)C(C(=O)N1CCCC1C(=O)N[C@@H](C)c1ccc(-c2nccn2C)cc1)c1cc(OCCN2CCN(CCOc3cc(N4C5CCC4CN(c4cc(-c6ccccc6O)nnc4N)C5)ccn3)CC2)no1. The number of aryl methyl sites for hydroxylation is 1. The van der Waals surface area contributed by atoms with E-state index in [4.69, 9.17) is 19.7 Å². The van der Waals surface area contributed by atoms with Gasteiger partial charge in [0.15, 0.2) is 11.6 Å². The van der Waals surface area contributed by atoms with E-state index in [1.807, 2.05) is 87.2 Å². The lowest BCUT2D eigenvalue weighted by molar-refractivity contribution is -0.141. The summed E-state index contributed by atoms with van der Waals surface area (Å²) in [6.07, 6.45) is 9.01. The largest absolute Gasteiger partial charge is 0.507 e. The molecule has 4 aliphatic rings. The van der Waals surface area contributed by atoms with Gasteiger partial charge in [-0.15, -0.1) is 10.2 Å². The van der Waals surface area contributed by atoms with E-state index in [0.29, 0.717) is 72.9 Å². The topological polar surface area (TPSA) is 210 Å². The molecule has 4 fully saturated rings. The fraction of sp³-hybridized carbons (Fsp3) is 0.463. The molecule has 73 heavy (non-hydrogen) atoms. The molecule has 2 amide bonds. The van der Waals surface area contributed by atoms with Crippen LogP contribution in [0.1, 0.15) is 69.7 Å². The number of benzene rings is 2. The third kappa shape index (κ3) is 10.9. The number of carbonyl (C=O) groups is 2. The molecule has 4 aromatic heterocycles. The molecule has 384 valence electrons. The Morgan fingerprint density at radius 1 is 0.836 bits per heavy atom. The molecule has 4 unspecified atom stereocenters. The summed E-state index contributed by atoms with van der Waals surface area (Å²) < 4.78 is 20.0. The Hall–Kier alpha value is -7.25. The molecule has 19 heteroatoms. The number of aromatic nitrogens is 6. The van der Waals surface area contributed by atoms with Gasteiger partial charge < -0.3 is 49.4 Å². The van der Waals surface area contributed by atoms with Crippen LogP contribution >= 0.6 is 0 Å². The van der Waals surface area contributed by atoms with Gasteiger partial charge in [-0.3, -0.25) is 19.4 Å². The zero-order chi connectivity index (χ0) is 50.6. The number of aromatic hydroxyl groups is 1. The second kappa shape index (κ2) is 21.8. The van der Waals surface area contributed by atoms with E-state index in [0.717, 1.165) is 99.9 Å². The van der Waals surface area contributed by atoms with Crippen LogP contribution in [0.25, 0.3) is 22.6 Å². The van der Waals surface area contributed by atoms with Crippen LogP contribution in [-0.4, -0.2) is 152 Å². The van der Waals surface area contributed by atoms with Crippen molar-refractivity contribution in [3.05, 3.63) is 103 Å². The van der Waals surface area contributed by atoms with E-state index >= 15 is 0 Å². The van der Waals surface area contributed by atoms with Gasteiger partial charge >= 0.3 is 0 Å². The highest BCUT2D eigenvalue weighted by Gasteiger charge is 2.42. The molecule has 4 aliphatic heterocycles. The first-order chi connectivity index (χ1) is 35.5. The van der Waals surface area contributed by atoms with Crippen molar-refractivity contribution < 1.29 is 28.7 Å². The number of carbonyl (C=O) groups excluding carboxylic acids is 2. The first-order valence-electron chi connectivity index (χ1n) is 25.7. The molecule has 6 aromatic rings. The lowest BCUT2D eigenvalue weighted by atomic mass is 9.91. The van der Waals surface area contributed by atoms with E-state index in [1.165, 1.54) is 0 Å². The summed E-state index contributed by atoms with van der Waals surface area (Å²) in [4.78, 5) is 48.2. The maximum absolute atomic E-state index is 14.2. The van der Waals surface area contributed by atoms with Crippen LogP contribution in [0, 0.1) is 5.92 Å². The van der Waals surface area contributed by atoms with Crippen LogP contribution < -0.4 is 30.3 Å². The molecule has 5 atom stereocenters. The minimum Gasteiger partial charge on any atom is -0.507 e. The highest BCUT2D eigenvalue weighted by molar-refractivity contribution is 5.91. The fourth-order valence-corrected chi connectivity index (χ4v) is 11.1. The van der Waals surface area contributed by atoms with Gasteiger partial charge in [-0.1, -0.05) is 50.2 Å². The molecule has 0 saturated carbocycles. The summed E-state index contributed by atoms with van der Waals surface area (Å²) in [6.45, 7) is 14.1. The summed E-state index contributed by atoms with van der Waals surface area (Å²) in [7, 11) is 1.96. The maximum atomic E-state index is 14.2. The predicted molar refractivity (Wildman–Crippen MR) is 277 cm³/mol. The lowest BCUT2D eigenvalue weighted by Gasteiger charge is -2.43. The number of para-hydroxylation sites is 1. The highest BCUT2D eigenvalue weighted by atomic mass is 16.5. The molecule has 0 aliphatic carbocycles. The Kier molecular flexibility index (Phi) is 14.8. The van der Waals surface area contributed by atoms with E-state index in [9.17, 15) is 14.7 Å². The van der Waals surface area contributed by atoms with E-state index in [-0.39, 0.29) is 29.5 Å². The van der Waals surface area contributed by atoms with Crippen LogP contribution in [0.2, 0.25) is 0 Å². The molecule has 0 radical (unpaired) electrons. The van der Waals surface area contributed by atoms with E-state index in [1.54, 1.807) is 29.3 Å². The molecule has 2 aromatic carbocycles. The number of hydrogen-bond acceptors (Lipinski definition) is 16. The van der Waals surface area contributed by atoms with Gasteiger partial charge in [0.2, 0.25) is 17.7 Å². The smallest absolute Gasteiger partial charge is 0.254 e. The molecule has 10 rings (SSSR count). The Labute approximate surface area is 426 Å². The summed E-state index contributed by atoms with van der Waals surface area (Å²) in [5.41, 5.74) is 11.5. The number of ether oxygens (including phenoxy) is 2. The first kappa shape index (κ1) is 49.3. The van der Waals surface area contributed by atoms with Crippen molar-refractivity contribution in [2.24, 2.45) is 13.0 Å². The Bertz CT molecular complexity index is 2830. The number of rotatable bonds is 18. The van der Waals surface area contributed by atoms with Crippen LogP contribution in [0.15, 0.2) is 95.9 Å². The number of hydrogen-bond donors (Lipinski definition) is 3. The molecular formula is C54H67N13O6. The number of anilines is 3. The normalized spacial score (nSPS) is 20.1. The van der Waals surface area contributed by atoms with Crippen molar-refractivity contribution in [3.8, 4) is 40.2 Å². The molecule has 0 spiro atoms. The van der Waals surface area contributed by atoms with Crippen molar-refractivity contribution in [3.63, 3.8) is 0 Å². The highest BCUT2D eigenvalue weighted by Crippen LogP contribution is 2.40. The minimum atomic E-state index is -0.603. The number of pyridine rings is 1. The summed E-state index contributed by atoms with van der Waals surface area (Å²) >= 11 is 0. The molecular weight excluding hydrogens is 927 g/mol. The van der Waals surface area contributed by atoms with Crippen LogP contribution in [0.5, 0.6) is 17.5 Å². The zero-order valence-electron chi connectivity index (χ0n) is 42.2. The van der Waals surface area contributed by atoms with E-state index in [2.05, 4.69) is 62.4 Å².